The van der Waals surface area contributed by atoms with Crippen LogP contribution in [0, 0.1) is 0 Å². The second-order valence-corrected chi connectivity index (χ2v) is 5.65. The van der Waals surface area contributed by atoms with Crippen LogP contribution in [0.15, 0.2) is 10.5 Å². The van der Waals surface area contributed by atoms with Gasteiger partial charge < -0.3 is 10.5 Å². The molecule has 0 aliphatic carbocycles. The molecule has 0 saturated heterocycles. The predicted octanol–water partition coefficient (Wildman–Crippen LogP) is 4.03. The van der Waals surface area contributed by atoms with Crippen molar-refractivity contribution in [3.63, 3.8) is 0 Å². The standard InChI is InChI=1S/C14H23N3O2S/c1-3-4-5-6-7-8-9-13(18)16-14-15-12(10-20-14)11(2)17-19/h10,19H,3-9H2,1-2H3,(H,15,16,18). The molecule has 6 heteroatoms. The molecular weight excluding hydrogens is 274 g/mol. The molecule has 0 aliphatic heterocycles. The molecule has 1 heterocycles. The monoisotopic (exact) mass is 297 g/mol. The van der Waals surface area contributed by atoms with Crippen molar-refractivity contribution >= 4 is 28.1 Å². The number of nitrogens with one attached hydrogen (secondary N) is 1. The van der Waals surface area contributed by atoms with E-state index in [9.17, 15) is 4.79 Å². The molecule has 1 rings (SSSR count). The molecule has 0 aliphatic rings. The normalized spacial score (nSPS) is 11.6. The van der Waals surface area contributed by atoms with Gasteiger partial charge in [-0.3, -0.25) is 4.79 Å². The van der Waals surface area contributed by atoms with E-state index in [1.165, 1.54) is 37.0 Å². The average Bonchev–Trinajstić information content (AvgIpc) is 2.90. The summed E-state index contributed by atoms with van der Waals surface area (Å²) < 4.78 is 0. The summed E-state index contributed by atoms with van der Waals surface area (Å²) in [7, 11) is 0. The summed E-state index contributed by atoms with van der Waals surface area (Å²) in [5, 5.41) is 16.8. The zero-order chi connectivity index (χ0) is 14.8. The zero-order valence-corrected chi connectivity index (χ0v) is 13.0. The molecule has 0 spiro atoms. The van der Waals surface area contributed by atoms with Gasteiger partial charge in [-0.05, 0) is 13.3 Å². The number of oxime groups is 1. The van der Waals surface area contributed by atoms with Crippen molar-refractivity contribution in [2.45, 2.75) is 58.8 Å². The third-order valence-corrected chi connectivity index (χ3v) is 3.79. The Morgan fingerprint density at radius 1 is 1.35 bits per heavy atom. The SMILES string of the molecule is CCCCCCCCC(=O)Nc1nc(C(C)=NO)cs1. The molecule has 0 unspecified atom stereocenters. The number of amides is 1. The number of anilines is 1. The summed E-state index contributed by atoms with van der Waals surface area (Å²) in [6.07, 6.45) is 7.54. The lowest BCUT2D eigenvalue weighted by molar-refractivity contribution is -0.116. The Labute approximate surface area is 124 Å². The van der Waals surface area contributed by atoms with Crippen LogP contribution in [0.2, 0.25) is 0 Å². The molecule has 20 heavy (non-hydrogen) atoms. The Kier molecular flexibility index (Phi) is 7.87. The first-order valence-corrected chi connectivity index (χ1v) is 7.99. The molecule has 0 atom stereocenters. The highest BCUT2D eigenvalue weighted by atomic mass is 32.1. The van der Waals surface area contributed by atoms with E-state index in [1.54, 1.807) is 12.3 Å². The van der Waals surface area contributed by atoms with Gasteiger partial charge in [0.15, 0.2) is 5.13 Å². The van der Waals surface area contributed by atoms with Crippen molar-refractivity contribution in [3.8, 4) is 0 Å². The van der Waals surface area contributed by atoms with E-state index in [1.807, 2.05) is 0 Å². The molecule has 2 N–H and O–H groups in total. The maximum atomic E-state index is 11.7. The summed E-state index contributed by atoms with van der Waals surface area (Å²) >= 11 is 1.34. The fourth-order valence-corrected chi connectivity index (χ4v) is 2.57. The molecule has 5 nitrogen and oxygen atoms in total. The number of aromatic nitrogens is 1. The minimum atomic E-state index is -0.0000168. The number of unbranched alkanes of at least 4 members (excludes halogenated alkanes) is 5. The number of nitrogens with zero attached hydrogens (tertiary/aromatic N) is 2. The van der Waals surface area contributed by atoms with Gasteiger partial charge in [0.2, 0.25) is 5.91 Å². The molecule has 0 aromatic carbocycles. The number of thiazole rings is 1. The zero-order valence-electron chi connectivity index (χ0n) is 12.2. The fraction of sp³-hybridized carbons (Fsp3) is 0.643. The summed E-state index contributed by atoms with van der Waals surface area (Å²) in [6, 6.07) is 0. The molecule has 0 bridgehead atoms. The van der Waals surface area contributed by atoms with Gasteiger partial charge in [0.25, 0.3) is 0 Å². The summed E-state index contributed by atoms with van der Waals surface area (Å²) in [4.78, 5) is 15.9. The first-order valence-electron chi connectivity index (χ1n) is 7.11. The van der Waals surface area contributed by atoms with Crippen LogP contribution in [0.4, 0.5) is 5.13 Å². The van der Waals surface area contributed by atoms with E-state index < -0.39 is 0 Å². The molecule has 1 amide bonds. The number of hydrogen-bond acceptors (Lipinski definition) is 5. The molecular formula is C14H23N3O2S. The lowest BCUT2D eigenvalue weighted by atomic mass is 10.1. The molecule has 0 saturated carbocycles. The highest BCUT2D eigenvalue weighted by molar-refractivity contribution is 7.14. The smallest absolute Gasteiger partial charge is 0.226 e. The number of carbonyl (C=O) groups excluding carboxylic acids is 1. The van der Waals surface area contributed by atoms with Crippen molar-refractivity contribution in [1.82, 2.24) is 4.98 Å². The maximum absolute atomic E-state index is 11.7. The van der Waals surface area contributed by atoms with Crippen LogP contribution in [0.1, 0.15) is 64.5 Å². The van der Waals surface area contributed by atoms with Gasteiger partial charge in [0.1, 0.15) is 11.4 Å². The van der Waals surface area contributed by atoms with Crippen LogP contribution in [0.5, 0.6) is 0 Å². The van der Waals surface area contributed by atoms with E-state index in [-0.39, 0.29) is 5.91 Å². The van der Waals surface area contributed by atoms with Gasteiger partial charge >= 0.3 is 0 Å². The Morgan fingerprint density at radius 2 is 2.05 bits per heavy atom. The number of rotatable bonds is 9. The van der Waals surface area contributed by atoms with Gasteiger partial charge in [-0.15, -0.1) is 11.3 Å². The number of carbonyl (C=O) groups is 1. The predicted molar refractivity (Wildman–Crippen MR) is 82.7 cm³/mol. The van der Waals surface area contributed by atoms with Crippen LogP contribution in [-0.2, 0) is 4.79 Å². The topological polar surface area (TPSA) is 74.6 Å². The van der Waals surface area contributed by atoms with Gasteiger partial charge in [-0.2, -0.15) is 0 Å². The summed E-state index contributed by atoms with van der Waals surface area (Å²) in [5.74, 6) is -0.0000168. The Hall–Kier alpha value is -1.43. The van der Waals surface area contributed by atoms with Crippen LogP contribution in [0.3, 0.4) is 0 Å². The largest absolute Gasteiger partial charge is 0.411 e. The van der Waals surface area contributed by atoms with E-state index in [4.69, 9.17) is 5.21 Å². The van der Waals surface area contributed by atoms with Crippen molar-refractivity contribution in [2.75, 3.05) is 5.32 Å². The van der Waals surface area contributed by atoms with Gasteiger partial charge in [0.05, 0.1) is 0 Å². The van der Waals surface area contributed by atoms with Crippen molar-refractivity contribution in [2.24, 2.45) is 5.16 Å². The first-order chi connectivity index (χ1) is 9.67. The van der Waals surface area contributed by atoms with Crippen molar-refractivity contribution < 1.29 is 10.0 Å². The van der Waals surface area contributed by atoms with Gasteiger partial charge in [-0.25, -0.2) is 4.98 Å². The molecule has 112 valence electrons. The van der Waals surface area contributed by atoms with Gasteiger partial charge in [0, 0.05) is 11.8 Å². The lowest BCUT2D eigenvalue weighted by Gasteiger charge is -2.02. The van der Waals surface area contributed by atoms with Crippen LogP contribution in [-0.4, -0.2) is 21.8 Å². The maximum Gasteiger partial charge on any atom is 0.226 e. The van der Waals surface area contributed by atoms with Crippen molar-refractivity contribution in [1.29, 1.82) is 0 Å². The molecule has 1 aromatic heterocycles. The minimum Gasteiger partial charge on any atom is -0.411 e. The van der Waals surface area contributed by atoms with E-state index >= 15 is 0 Å². The molecule has 0 radical (unpaired) electrons. The summed E-state index contributed by atoms with van der Waals surface area (Å²) in [6.45, 7) is 3.86. The lowest BCUT2D eigenvalue weighted by Crippen LogP contribution is -2.11. The van der Waals surface area contributed by atoms with E-state index in [0.717, 1.165) is 12.8 Å². The molecule has 0 fully saturated rings. The third kappa shape index (κ3) is 6.14. The Morgan fingerprint density at radius 3 is 2.75 bits per heavy atom. The Bertz CT molecular complexity index is 443. The fourth-order valence-electron chi connectivity index (χ4n) is 1.80. The third-order valence-electron chi connectivity index (χ3n) is 3.03. The average molecular weight is 297 g/mol. The van der Waals surface area contributed by atoms with Crippen LogP contribution >= 0.6 is 11.3 Å². The highest BCUT2D eigenvalue weighted by Gasteiger charge is 2.08. The van der Waals surface area contributed by atoms with Crippen LogP contribution < -0.4 is 5.32 Å². The quantitative estimate of drug-likeness (QED) is 0.313. The number of hydrogen-bond donors (Lipinski definition) is 2. The first kappa shape index (κ1) is 16.6. The highest BCUT2D eigenvalue weighted by Crippen LogP contribution is 2.16. The van der Waals surface area contributed by atoms with Crippen LogP contribution in [0.25, 0.3) is 0 Å². The minimum absolute atomic E-state index is 0.0000168. The molecule has 1 aromatic rings. The van der Waals surface area contributed by atoms with Crippen molar-refractivity contribution in [3.05, 3.63) is 11.1 Å². The van der Waals surface area contributed by atoms with E-state index in [0.29, 0.717) is 23.0 Å². The summed E-state index contributed by atoms with van der Waals surface area (Å²) in [5.41, 5.74) is 1.03. The second-order valence-electron chi connectivity index (χ2n) is 4.79. The Balaban J connectivity index is 2.23. The van der Waals surface area contributed by atoms with Gasteiger partial charge in [-0.1, -0.05) is 44.2 Å². The van der Waals surface area contributed by atoms with E-state index in [2.05, 4.69) is 22.4 Å². The second kappa shape index (κ2) is 9.47.